The van der Waals surface area contributed by atoms with Gasteiger partial charge in [0.25, 0.3) is 5.91 Å². The molecule has 0 aliphatic carbocycles. The van der Waals surface area contributed by atoms with Crippen molar-refractivity contribution in [2.75, 3.05) is 44.2 Å². The SMILES string of the molecule is CCNC(=O)c1cccc(CSc2nc(N3CCN(C/C=C/c4ccccc4)CC3)cc(C(C)(C)C)n2)c1. The summed E-state index contributed by atoms with van der Waals surface area (Å²) in [7, 11) is 0. The number of carbonyl (C=O) groups excluding carboxylic acids is 1. The predicted molar refractivity (Wildman–Crippen MR) is 159 cm³/mol. The summed E-state index contributed by atoms with van der Waals surface area (Å²) in [4.78, 5) is 27.0. The van der Waals surface area contributed by atoms with E-state index in [9.17, 15) is 4.79 Å². The number of nitrogens with zero attached hydrogens (tertiary/aromatic N) is 4. The number of anilines is 1. The lowest BCUT2D eigenvalue weighted by Crippen LogP contribution is -2.46. The molecule has 0 unspecified atom stereocenters. The molecular formula is C31H39N5OS. The second-order valence-corrected chi connectivity index (χ2v) is 11.5. The molecule has 38 heavy (non-hydrogen) atoms. The zero-order valence-corrected chi connectivity index (χ0v) is 23.8. The number of aromatic nitrogens is 2. The number of rotatable bonds is 9. The molecule has 1 aromatic heterocycles. The fourth-order valence-corrected chi connectivity index (χ4v) is 5.09. The Morgan fingerprint density at radius 2 is 1.76 bits per heavy atom. The van der Waals surface area contributed by atoms with Gasteiger partial charge in [-0.1, -0.05) is 87.1 Å². The van der Waals surface area contributed by atoms with Crippen molar-refractivity contribution in [3.63, 3.8) is 0 Å². The molecule has 3 aromatic rings. The van der Waals surface area contributed by atoms with E-state index in [-0.39, 0.29) is 11.3 Å². The van der Waals surface area contributed by atoms with Gasteiger partial charge in [-0.2, -0.15) is 0 Å². The molecule has 2 aromatic carbocycles. The summed E-state index contributed by atoms with van der Waals surface area (Å²) in [6.45, 7) is 14.0. The van der Waals surface area contributed by atoms with Crippen LogP contribution in [0.25, 0.3) is 6.08 Å². The Bertz CT molecular complexity index is 1230. The Morgan fingerprint density at radius 3 is 2.47 bits per heavy atom. The van der Waals surface area contributed by atoms with Crippen LogP contribution >= 0.6 is 11.8 Å². The number of hydrogen-bond donors (Lipinski definition) is 1. The van der Waals surface area contributed by atoms with Crippen molar-refractivity contribution in [2.24, 2.45) is 0 Å². The zero-order chi connectivity index (χ0) is 27.0. The van der Waals surface area contributed by atoms with Crippen LogP contribution in [0.2, 0.25) is 0 Å². The number of carbonyl (C=O) groups is 1. The van der Waals surface area contributed by atoms with Gasteiger partial charge < -0.3 is 10.2 Å². The minimum Gasteiger partial charge on any atom is -0.354 e. The molecular weight excluding hydrogens is 490 g/mol. The molecule has 1 saturated heterocycles. The Kier molecular flexibility index (Phi) is 9.58. The maximum Gasteiger partial charge on any atom is 0.251 e. The minimum atomic E-state index is -0.0742. The monoisotopic (exact) mass is 529 g/mol. The van der Waals surface area contributed by atoms with E-state index in [1.165, 1.54) is 5.56 Å². The third kappa shape index (κ3) is 7.92. The summed E-state index contributed by atoms with van der Waals surface area (Å²) in [6.07, 6.45) is 4.45. The molecule has 6 nitrogen and oxygen atoms in total. The number of amides is 1. The highest BCUT2D eigenvalue weighted by Gasteiger charge is 2.23. The largest absolute Gasteiger partial charge is 0.354 e. The zero-order valence-electron chi connectivity index (χ0n) is 23.0. The van der Waals surface area contributed by atoms with Gasteiger partial charge in [0.1, 0.15) is 5.82 Å². The van der Waals surface area contributed by atoms with Crippen LogP contribution in [0.1, 0.15) is 54.9 Å². The first kappa shape index (κ1) is 27.9. The fourth-order valence-electron chi connectivity index (χ4n) is 4.30. The first-order valence-electron chi connectivity index (χ1n) is 13.4. The molecule has 200 valence electrons. The second kappa shape index (κ2) is 13.1. The second-order valence-electron chi connectivity index (χ2n) is 10.6. The molecule has 1 aliphatic rings. The molecule has 0 atom stereocenters. The van der Waals surface area contributed by atoms with E-state index in [0.717, 1.165) is 55.0 Å². The van der Waals surface area contributed by atoms with Crippen LogP contribution in [-0.4, -0.2) is 60.0 Å². The summed E-state index contributed by atoms with van der Waals surface area (Å²) in [5.41, 5.74) is 3.99. The van der Waals surface area contributed by atoms with Crippen LogP contribution in [0.15, 0.2) is 71.9 Å². The summed E-state index contributed by atoms with van der Waals surface area (Å²) >= 11 is 1.63. The van der Waals surface area contributed by atoms with Crippen molar-refractivity contribution in [2.45, 2.75) is 44.0 Å². The number of nitrogens with one attached hydrogen (secondary N) is 1. The summed E-state index contributed by atoms with van der Waals surface area (Å²) in [5.74, 6) is 1.67. The van der Waals surface area contributed by atoms with Gasteiger partial charge in [-0.05, 0) is 30.2 Å². The fraction of sp³-hybridized carbons (Fsp3) is 0.387. The quantitative estimate of drug-likeness (QED) is 0.285. The average molecular weight is 530 g/mol. The molecule has 1 N–H and O–H groups in total. The van der Waals surface area contributed by atoms with Gasteiger partial charge in [0.2, 0.25) is 0 Å². The third-order valence-electron chi connectivity index (χ3n) is 6.52. The first-order valence-corrected chi connectivity index (χ1v) is 14.4. The molecule has 0 bridgehead atoms. The molecule has 1 aliphatic heterocycles. The van der Waals surface area contributed by atoms with Crippen LogP contribution in [0.4, 0.5) is 5.82 Å². The van der Waals surface area contributed by atoms with Crippen molar-refractivity contribution in [3.8, 4) is 0 Å². The Hall–Kier alpha value is -3.16. The molecule has 4 rings (SSSR count). The van der Waals surface area contributed by atoms with E-state index in [1.54, 1.807) is 11.8 Å². The van der Waals surface area contributed by atoms with Gasteiger partial charge in [-0.3, -0.25) is 9.69 Å². The molecule has 2 heterocycles. The van der Waals surface area contributed by atoms with Gasteiger partial charge in [-0.25, -0.2) is 9.97 Å². The van der Waals surface area contributed by atoms with Crippen LogP contribution in [0.3, 0.4) is 0 Å². The van der Waals surface area contributed by atoms with Crippen LogP contribution < -0.4 is 10.2 Å². The first-order chi connectivity index (χ1) is 18.3. The molecule has 0 saturated carbocycles. The molecule has 1 amide bonds. The van der Waals surface area contributed by atoms with Crippen LogP contribution in [0, 0.1) is 0 Å². The van der Waals surface area contributed by atoms with E-state index in [0.29, 0.717) is 17.9 Å². The Balaban J connectivity index is 1.41. The lowest BCUT2D eigenvalue weighted by Gasteiger charge is -2.35. The van der Waals surface area contributed by atoms with Gasteiger partial charge in [-0.15, -0.1) is 0 Å². The van der Waals surface area contributed by atoms with Gasteiger partial charge in [0, 0.05) is 62.1 Å². The summed E-state index contributed by atoms with van der Waals surface area (Å²) in [6, 6.07) is 20.4. The highest BCUT2D eigenvalue weighted by Crippen LogP contribution is 2.29. The molecule has 1 fully saturated rings. The number of benzene rings is 2. The van der Waals surface area contributed by atoms with Gasteiger partial charge in [0.15, 0.2) is 5.16 Å². The molecule has 7 heteroatoms. The maximum atomic E-state index is 12.2. The molecule has 0 spiro atoms. The predicted octanol–water partition coefficient (Wildman–Crippen LogP) is 5.65. The van der Waals surface area contributed by atoms with Gasteiger partial charge in [0.05, 0.1) is 5.69 Å². The van der Waals surface area contributed by atoms with E-state index >= 15 is 0 Å². The van der Waals surface area contributed by atoms with E-state index in [4.69, 9.17) is 9.97 Å². The van der Waals surface area contributed by atoms with Gasteiger partial charge >= 0.3 is 0 Å². The summed E-state index contributed by atoms with van der Waals surface area (Å²) < 4.78 is 0. The maximum absolute atomic E-state index is 12.2. The van der Waals surface area contributed by atoms with E-state index in [1.807, 2.05) is 31.2 Å². The van der Waals surface area contributed by atoms with Crippen LogP contribution in [0.5, 0.6) is 0 Å². The van der Waals surface area contributed by atoms with Crippen molar-refractivity contribution in [3.05, 3.63) is 89.1 Å². The number of hydrogen-bond acceptors (Lipinski definition) is 6. The highest BCUT2D eigenvalue weighted by atomic mass is 32.2. The number of piperazine rings is 1. The Morgan fingerprint density at radius 1 is 1.00 bits per heavy atom. The number of thioether (sulfide) groups is 1. The third-order valence-corrected chi connectivity index (χ3v) is 7.44. The lowest BCUT2D eigenvalue weighted by molar-refractivity contribution is 0.0955. The normalized spacial score (nSPS) is 14.7. The van der Waals surface area contributed by atoms with E-state index < -0.39 is 0 Å². The topological polar surface area (TPSA) is 61.4 Å². The van der Waals surface area contributed by atoms with Crippen molar-refractivity contribution >= 4 is 29.6 Å². The standard InChI is InChI=1S/C31H39N5OS/c1-5-32-29(37)26-15-9-13-25(21-26)23-38-30-33-27(31(2,3)4)22-28(34-30)36-19-17-35(18-20-36)16-10-14-24-11-7-6-8-12-24/h6-15,21-22H,5,16-20,23H2,1-4H3,(H,32,37)/b14-10+. The van der Waals surface area contributed by atoms with Crippen LogP contribution in [-0.2, 0) is 11.2 Å². The van der Waals surface area contributed by atoms with Crippen molar-refractivity contribution in [1.82, 2.24) is 20.2 Å². The average Bonchev–Trinajstić information content (AvgIpc) is 2.92. The molecule has 0 radical (unpaired) electrons. The van der Waals surface area contributed by atoms with Crippen molar-refractivity contribution < 1.29 is 4.79 Å². The van der Waals surface area contributed by atoms with E-state index in [2.05, 4.69) is 84.4 Å². The van der Waals surface area contributed by atoms with Crippen molar-refractivity contribution in [1.29, 1.82) is 0 Å². The lowest BCUT2D eigenvalue weighted by atomic mass is 9.92. The Labute approximate surface area is 231 Å². The minimum absolute atomic E-state index is 0.0395. The highest BCUT2D eigenvalue weighted by molar-refractivity contribution is 7.98. The smallest absolute Gasteiger partial charge is 0.251 e. The summed E-state index contributed by atoms with van der Waals surface area (Å²) in [5, 5.41) is 3.65.